The minimum atomic E-state index is -0.263. The first-order valence-electron chi connectivity index (χ1n) is 6.98. The Morgan fingerprint density at radius 1 is 1.04 bits per heavy atom. The van der Waals surface area contributed by atoms with Crippen LogP contribution in [0.5, 0.6) is 0 Å². The molecular weight excluding hydrogens is 387 g/mol. The van der Waals surface area contributed by atoms with Gasteiger partial charge in [-0.25, -0.2) is 4.79 Å². The van der Waals surface area contributed by atoms with Gasteiger partial charge in [-0.05, 0) is 41.5 Å². The molecule has 3 rings (SSSR count). The molecule has 0 bridgehead atoms. The molecule has 3 nitrogen and oxygen atoms in total. The summed E-state index contributed by atoms with van der Waals surface area (Å²) in [7, 11) is 0. The molecule has 1 aliphatic rings. The number of thiocarbonyl (C=S) groups is 1. The monoisotopic (exact) mass is 396 g/mol. The SMILES string of the molecule is O=C1N/C(=C\c2ccc(Cl)c(Cl)c2)C(=S)N1Cc1ccc(Cl)cc1. The lowest BCUT2D eigenvalue weighted by Gasteiger charge is -2.14. The number of rotatable bonds is 3. The molecule has 0 aromatic heterocycles. The van der Waals surface area contributed by atoms with E-state index < -0.39 is 0 Å². The molecule has 1 N–H and O–H groups in total. The lowest BCUT2D eigenvalue weighted by Crippen LogP contribution is -2.29. The maximum atomic E-state index is 12.2. The first-order valence-corrected chi connectivity index (χ1v) is 8.52. The molecule has 0 spiro atoms. The first-order chi connectivity index (χ1) is 11.4. The minimum absolute atomic E-state index is 0.263. The Bertz CT molecular complexity index is 849. The van der Waals surface area contributed by atoms with Crippen LogP contribution in [0.1, 0.15) is 11.1 Å². The van der Waals surface area contributed by atoms with Gasteiger partial charge in [-0.15, -0.1) is 0 Å². The van der Waals surface area contributed by atoms with E-state index >= 15 is 0 Å². The van der Waals surface area contributed by atoms with E-state index in [1.807, 2.05) is 12.1 Å². The maximum Gasteiger partial charge on any atom is 0.327 e. The smallest absolute Gasteiger partial charge is 0.305 e. The number of nitrogens with one attached hydrogen (secondary N) is 1. The van der Waals surface area contributed by atoms with Gasteiger partial charge in [0.15, 0.2) is 0 Å². The van der Waals surface area contributed by atoms with Gasteiger partial charge in [0.1, 0.15) is 4.99 Å². The van der Waals surface area contributed by atoms with Crippen molar-refractivity contribution in [2.24, 2.45) is 0 Å². The predicted octanol–water partition coefficient (Wildman–Crippen LogP) is 5.54. The van der Waals surface area contributed by atoms with Gasteiger partial charge >= 0.3 is 6.03 Å². The Hall–Kier alpha value is -1.59. The zero-order chi connectivity index (χ0) is 17.3. The third kappa shape index (κ3) is 3.73. The van der Waals surface area contributed by atoms with E-state index in [0.717, 1.165) is 11.1 Å². The highest BCUT2D eigenvalue weighted by Gasteiger charge is 2.29. The Balaban J connectivity index is 1.81. The molecule has 0 aliphatic carbocycles. The lowest BCUT2D eigenvalue weighted by atomic mass is 10.2. The van der Waals surface area contributed by atoms with Crippen LogP contribution in [-0.4, -0.2) is 15.9 Å². The van der Waals surface area contributed by atoms with Gasteiger partial charge in [-0.2, -0.15) is 0 Å². The fourth-order valence-electron chi connectivity index (χ4n) is 2.26. The Morgan fingerprint density at radius 2 is 1.75 bits per heavy atom. The van der Waals surface area contributed by atoms with Gasteiger partial charge in [0.05, 0.1) is 22.3 Å². The van der Waals surface area contributed by atoms with E-state index in [-0.39, 0.29) is 6.03 Å². The molecule has 1 heterocycles. The second-order valence-corrected chi connectivity index (χ2v) is 6.82. The van der Waals surface area contributed by atoms with Crippen LogP contribution in [0.15, 0.2) is 48.2 Å². The van der Waals surface area contributed by atoms with Crippen LogP contribution in [0, 0.1) is 0 Å². The molecule has 1 fully saturated rings. The van der Waals surface area contributed by atoms with Gasteiger partial charge in [-0.3, -0.25) is 4.90 Å². The van der Waals surface area contributed by atoms with E-state index in [9.17, 15) is 4.79 Å². The van der Waals surface area contributed by atoms with Crippen molar-refractivity contribution in [2.45, 2.75) is 6.54 Å². The topological polar surface area (TPSA) is 32.3 Å². The van der Waals surface area contributed by atoms with Crippen molar-refractivity contribution in [3.05, 3.63) is 74.4 Å². The van der Waals surface area contributed by atoms with Crippen LogP contribution in [0.25, 0.3) is 6.08 Å². The van der Waals surface area contributed by atoms with Crippen LogP contribution in [0.2, 0.25) is 15.1 Å². The Labute approximate surface area is 159 Å². The van der Waals surface area contributed by atoms with Crippen LogP contribution >= 0.6 is 47.0 Å². The van der Waals surface area contributed by atoms with Crippen LogP contribution in [0.4, 0.5) is 4.79 Å². The summed E-state index contributed by atoms with van der Waals surface area (Å²) in [6, 6.07) is 12.2. The summed E-state index contributed by atoms with van der Waals surface area (Å²) < 4.78 is 0. The molecule has 7 heteroatoms. The van der Waals surface area contributed by atoms with Crippen molar-refractivity contribution < 1.29 is 4.79 Å². The predicted molar refractivity (Wildman–Crippen MR) is 103 cm³/mol. The molecule has 1 aliphatic heterocycles. The largest absolute Gasteiger partial charge is 0.327 e. The number of carbonyl (C=O) groups is 1. The Kier molecular flexibility index (Phi) is 5.11. The van der Waals surface area contributed by atoms with Gasteiger partial charge in [0.25, 0.3) is 0 Å². The summed E-state index contributed by atoms with van der Waals surface area (Å²) in [6.45, 7) is 0.376. The number of hydrogen-bond acceptors (Lipinski definition) is 2. The number of nitrogens with zero attached hydrogens (tertiary/aromatic N) is 1. The highest BCUT2D eigenvalue weighted by Crippen LogP contribution is 2.25. The molecule has 0 unspecified atom stereocenters. The molecule has 2 amide bonds. The van der Waals surface area contributed by atoms with Gasteiger partial charge < -0.3 is 5.32 Å². The fraction of sp³-hybridized carbons (Fsp3) is 0.0588. The summed E-state index contributed by atoms with van der Waals surface area (Å²) in [5.41, 5.74) is 2.30. The van der Waals surface area contributed by atoms with Crippen molar-refractivity contribution >= 4 is 64.1 Å². The summed E-state index contributed by atoms with van der Waals surface area (Å²) in [5.74, 6) is 0. The quantitative estimate of drug-likeness (QED) is 0.545. The molecule has 2 aromatic carbocycles. The molecule has 0 radical (unpaired) electrons. The van der Waals surface area contributed by atoms with Gasteiger partial charge in [0, 0.05) is 5.02 Å². The molecule has 0 atom stereocenters. The van der Waals surface area contributed by atoms with E-state index in [4.69, 9.17) is 47.0 Å². The molecule has 2 aromatic rings. The zero-order valence-electron chi connectivity index (χ0n) is 12.2. The number of urea groups is 1. The minimum Gasteiger partial charge on any atom is -0.305 e. The number of amides is 2. The van der Waals surface area contributed by atoms with E-state index in [2.05, 4.69) is 5.32 Å². The highest BCUT2D eigenvalue weighted by atomic mass is 35.5. The van der Waals surface area contributed by atoms with E-state index in [0.29, 0.717) is 32.3 Å². The van der Waals surface area contributed by atoms with E-state index in [1.165, 1.54) is 4.90 Å². The second-order valence-electron chi connectivity index (χ2n) is 5.18. The third-order valence-corrected chi connectivity index (χ3v) is 4.90. The summed E-state index contributed by atoms with van der Waals surface area (Å²) >= 11 is 23.2. The van der Waals surface area contributed by atoms with E-state index in [1.54, 1.807) is 36.4 Å². The zero-order valence-corrected chi connectivity index (χ0v) is 15.3. The van der Waals surface area contributed by atoms with Gasteiger partial charge in [-0.1, -0.05) is 65.2 Å². The average Bonchev–Trinajstić information content (AvgIpc) is 2.80. The van der Waals surface area contributed by atoms with Crippen LogP contribution in [-0.2, 0) is 6.54 Å². The first kappa shape index (κ1) is 17.2. The standard InChI is InChI=1S/C17H11Cl3N2OS/c18-12-4-1-10(2-5-12)9-22-16(24)15(21-17(22)23)8-11-3-6-13(19)14(20)7-11/h1-8H,9H2,(H,21,23)/b15-8-. The van der Waals surface area contributed by atoms with Crippen molar-refractivity contribution in [2.75, 3.05) is 0 Å². The number of halogens is 3. The number of carbonyl (C=O) groups excluding carboxylic acids is 1. The molecule has 0 saturated carbocycles. The summed E-state index contributed by atoms with van der Waals surface area (Å²) in [6.07, 6.45) is 1.77. The second kappa shape index (κ2) is 7.11. The lowest BCUT2D eigenvalue weighted by molar-refractivity contribution is 0.228. The highest BCUT2D eigenvalue weighted by molar-refractivity contribution is 7.80. The third-order valence-electron chi connectivity index (χ3n) is 3.47. The van der Waals surface area contributed by atoms with Crippen molar-refractivity contribution in [1.29, 1.82) is 0 Å². The van der Waals surface area contributed by atoms with Crippen molar-refractivity contribution in [1.82, 2.24) is 10.2 Å². The van der Waals surface area contributed by atoms with Gasteiger partial charge in [0.2, 0.25) is 0 Å². The molecule has 122 valence electrons. The molecule has 24 heavy (non-hydrogen) atoms. The van der Waals surface area contributed by atoms with Crippen LogP contribution < -0.4 is 5.32 Å². The van der Waals surface area contributed by atoms with Crippen molar-refractivity contribution in [3.8, 4) is 0 Å². The summed E-state index contributed by atoms with van der Waals surface area (Å²) in [5, 5.41) is 4.34. The number of benzene rings is 2. The molecule has 1 saturated heterocycles. The number of hydrogen-bond donors (Lipinski definition) is 1. The molecular formula is C17H11Cl3N2OS. The van der Waals surface area contributed by atoms with Crippen LogP contribution in [0.3, 0.4) is 0 Å². The average molecular weight is 398 g/mol. The normalized spacial score (nSPS) is 16.0. The summed E-state index contributed by atoms with van der Waals surface area (Å²) in [4.78, 5) is 14.1. The van der Waals surface area contributed by atoms with Crippen molar-refractivity contribution in [3.63, 3.8) is 0 Å². The maximum absolute atomic E-state index is 12.2. The fourth-order valence-corrected chi connectivity index (χ4v) is 2.95. The Morgan fingerprint density at radius 3 is 2.42 bits per heavy atom.